The van der Waals surface area contributed by atoms with E-state index in [1.165, 1.54) is 0 Å². The maximum absolute atomic E-state index is 9.31. The van der Waals surface area contributed by atoms with E-state index in [-0.39, 0.29) is 11.6 Å². The minimum Gasteiger partial charge on any atom is -0.377 e. The van der Waals surface area contributed by atoms with E-state index in [9.17, 15) is 5.11 Å². The van der Waals surface area contributed by atoms with Gasteiger partial charge in [-0.25, -0.2) is 0 Å². The summed E-state index contributed by atoms with van der Waals surface area (Å²) in [4.78, 5) is 1.98. The zero-order valence-electron chi connectivity index (χ0n) is 6.83. The number of aliphatic hydroxyl groups excluding tert-OH is 1. The average molecular weight is 144 g/mol. The Labute approximate surface area is 61.8 Å². The molecule has 3 heteroatoms. The van der Waals surface area contributed by atoms with Crippen molar-refractivity contribution < 1.29 is 5.11 Å². The second kappa shape index (κ2) is 2.19. The van der Waals surface area contributed by atoms with E-state index >= 15 is 0 Å². The van der Waals surface area contributed by atoms with Gasteiger partial charge in [0.2, 0.25) is 0 Å². The monoisotopic (exact) mass is 144 g/mol. The number of nitrogens with zero attached hydrogens (tertiary/aromatic N) is 1. The Balaban J connectivity index is 2.48. The van der Waals surface area contributed by atoms with E-state index < -0.39 is 6.23 Å². The van der Waals surface area contributed by atoms with Crippen molar-refractivity contribution >= 4 is 0 Å². The first-order valence-corrected chi connectivity index (χ1v) is 3.63. The van der Waals surface area contributed by atoms with Crippen LogP contribution in [0.15, 0.2) is 0 Å². The zero-order chi connectivity index (χ0) is 7.94. The lowest BCUT2D eigenvalue weighted by Gasteiger charge is -2.50. The lowest BCUT2D eigenvalue weighted by Crippen LogP contribution is -2.69. The van der Waals surface area contributed by atoms with Crippen molar-refractivity contribution in [3.63, 3.8) is 0 Å². The molecule has 0 spiro atoms. The summed E-state index contributed by atoms with van der Waals surface area (Å²) >= 11 is 0. The van der Waals surface area contributed by atoms with Crippen LogP contribution in [-0.4, -0.2) is 34.4 Å². The second-order valence-corrected chi connectivity index (χ2v) is 3.90. The van der Waals surface area contributed by atoms with Crippen molar-refractivity contribution in [1.82, 2.24) is 4.90 Å². The highest BCUT2D eigenvalue weighted by molar-refractivity contribution is 4.94. The van der Waals surface area contributed by atoms with Crippen LogP contribution >= 0.6 is 0 Å². The van der Waals surface area contributed by atoms with E-state index in [0.717, 1.165) is 6.54 Å². The van der Waals surface area contributed by atoms with Gasteiger partial charge in [0.15, 0.2) is 0 Å². The molecule has 0 aromatic carbocycles. The molecule has 1 rings (SSSR count). The van der Waals surface area contributed by atoms with Crippen LogP contribution in [0.25, 0.3) is 0 Å². The van der Waals surface area contributed by atoms with Crippen molar-refractivity contribution in [3.05, 3.63) is 0 Å². The summed E-state index contributed by atoms with van der Waals surface area (Å²) in [5.41, 5.74) is 5.57. The van der Waals surface area contributed by atoms with Crippen LogP contribution < -0.4 is 5.73 Å². The molecule has 0 bridgehead atoms. The van der Waals surface area contributed by atoms with E-state index in [2.05, 4.69) is 20.8 Å². The standard InChI is InChI=1S/C7H16N2O/c1-7(2,3)9-4-5(8)6(9)10/h5-6,10H,4,8H2,1-3H3. The van der Waals surface area contributed by atoms with Crippen LogP contribution in [0.4, 0.5) is 0 Å². The molecule has 0 radical (unpaired) electrons. The molecular formula is C7H16N2O. The smallest absolute Gasteiger partial charge is 0.124 e. The van der Waals surface area contributed by atoms with Crippen LogP contribution in [0, 0.1) is 0 Å². The largest absolute Gasteiger partial charge is 0.377 e. The third-order valence-corrected chi connectivity index (χ3v) is 1.97. The highest BCUT2D eigenvalue weighted by Crippen LogP contribution is 2.24. The molecular weight excluding hydrogens is 128 g/mol. The summed E-state index contributed by atoms with van der Waals surface area (Å²) in [5.74, 6) is 0. The summed E-state index contributed by atoms with van der Waals surface area (Å²) < 4.78 is 0. The Morgan fingerprint density at radius 1 is 1.50 bits per heavy atom. The van der Waals surface area contributed by atoms with Crippen molar-refractivity contribution in [3.8, 4) is 0 Å². The molecule has 2 atom stereocenters. The molecule has 1 heterocycles. The molecule has 1 aliphatic rings. The van der Waals surface area contributed by atoms with Crippen molar-refractivity contribution in [2.75, 3.05) is 6.54 Å². The Morgan fingerprint density at radius 2 is 2.00 bits per heavy atom. The Kier molecular flexibility index (Phi) is 1.75. The van der Waals surface area contributed by atoms with Gasteiger partial charge in [-0.1, -0.05) is 0 Å². The maximum Gasteiger partial charge on any atom is 0.124 e. The summed E-state index contributed by atoms with van der Waals surface area (Å²) in [5, 5.41) is 9.31. The van der Waals surface area contributed by atoms with Crippen LogP contribution in [0.1, 0.15) is 20.8 Å². The fourth-order valence-electron chi connectivity index (χ4n) is 1.19. The van der Waals surface area contributed by atoms with Gasteiger partial charge in [-0.05, 0) is 20.8 Å². The molecule has 0 aromatic heterocycles. The van der Waals surface area contributed by atoms with E-state index in [0.29, 0.717) is 0 Å². The average Bonchev–Trinajstić information content (AvgIpc) is 1.79. The fraction of sp³-hybridized carbons (Fsp3) is 1.00. The zero-order valence-corrected chi connectivity index (χ0v) is 6.83. The first kappa shape index (κ1) is 7.98. The summed E-state index contributed by atoms with van der Waals surface area (Å²) in [6.45, 7) is 7.02. The number of aliphatic hydroxyl groups is 1. The minimum atomic E-state index is -0.431. The molecule has 2 unspecified atom stereocenters. The highest BCUT2D eigenvalue weighted by atomic mass is 16.3. The first-order valence-electron chi connectivity index (χ1n) is 3.63. The number of nitrogens with two attached hydrogens (primary N) is 1. The molecule has 3 N–H and O–H groups in total. The number of rotatable bonds is 0. The molecule has 60 valence electrons. The SMILES string of the molecule is CC(C)(C)N1CC(N)C1O. The maximum atomic E-state index is 9.31. The van der Waals surface area contributed by atoms with Gasteiger partial charge in [0.1, 0.15) is 6.23 Å². The molecule has 1 fully saturated rings. The van der Waals surface area contributed by atoms with Gasteiger partial charge in [-0.15, -0.1) is 0 Å². The first-order chi connectivity index (χ1) is 4.43. The molecule has 0 amide bonds. The predicted molar refractivity (Wildman–Crippen MR) is 40.4 cm³/mol. The normalized spacial score (nSPS) is 35.7. The molecule has 0 saturated carbocycles. The number of likely N-dealkylation sites (tertiary alicyclic amines) is 1. The van der Waals surface area contributed by atoms with Crippen LogP contribution in [0.2, 0.25) is 0 Å². The number of hydrogen-bond donors (Lipinski definition) is 2. The highest BCUT2D eigenvalue weighted by Gasteiger charge is 2.40. The Bertz CT molecular complexity index is 130. The van der Waals surface area contributed by atoms with Gasteiger partial charge in [0.25, 0.3) is 0 Å². The van der Waals surface area contributed by atoms with Gasteiger partial charge in [-0.2, -0.15) is 0 Å². The minimum absolute atomic E-state index is 0.0424. The van der Waals surface area contributed by atoms with Gasteiger partial charge in [0, 0.05) is 12.1 Å². The molecule has 0 aromatic rings. The predicted octanol–water partition coefficient (Wildman–Crippen LogP) is -0.254. The fourth-order valence-corrected chi connectivity index (χ4v) is 1.19. The van der Waals surface area contributed by atoms with E-state index in [4.69, 9.17) is 5.73 Å². The lowest BCUT2D eigenvalue weighted by atomic mass is 9.96. The van der Waals surface area contributed by atoms with E-state index in [1.807, 2.05) is 4.90 Å². The summed E-state index contributed by atoms with van der Waals surface area (Å²) in [6.07, 6.45) is -0.431. The van der Waals surface area contributed by atoms with Crippen LogP contribution in [0.3, 0.4) is 0 Å². The van der Waals surface area contributed by atoms with Crippen molar-refractivity contribution in [2.24, 2.45) is 5.73 Å². The van der Waals surface area contributed by atoms with E-state index in [1.54, 1.807) is 0 Å². The van der Waals surface area contributed by atoms with Gasteiger partial charge in [0.05, 0.1) is 6.04 Å². The third-order valence-electron chi connectivity index (χ3n) is 1.97. The molecule has 0 aliphatic carbocycles. The molecule has 10 heavy (non-hydrogen) atoms. The molecule has 3 nitrogen and oxygen atoms in total. The van der Waals surface area contributed by atoms with Gasteiger partial charge >= 0.3 is 0 Å². The quantitative estimate of drug-likeness (QED) is 0.493. The molecule has 1 saturated heterocycles. The Hall–Kier alpha value is -0.120. The number of hydrogen-bond acceptors (Lipinski definition) is 3. The molecule has 1 aliphatic heterocycles. The lowest BCUT2D eigenvalue weighted by molar-refractivity contribution is -0.137. The Morgan fingerprint density at radius 3 is 2.10 bits per heavy atom. The van der Waals surface area contributed by atoms with Crippen molar-refractivity contribution in [2.45, 2.75) is 38.6 Å². The van der Waals surface area contributed by atoms with Gasteiger partial charge in [-0.3, -0.25) is 4.90 Å². The van der Waals surface area contributed by atoms with Crippen LogP contribution in [0.5, 0.6) is 0 Å². The van der Waals surface area contributed by atoms with Gasteiger partial charge < -0.3 is 10.8 Å². The second-order valence-electron chi connectivity index (χ2n) is 3.90. The topological polar surface area (TPSA) is 49.5 Å². The van der Waals surface area contributed by atoms with Crippen molar-refractivity contribution in [1.29, 1.82) is 0 Å². The third kappa shape index (κ3) is 1.17. The summed E-state index contributed by atoms with van der Waals surface area (Å²) in [7, 11) is 0. The van der Waals surface area contributed by atoms with Crippen LogP contribution in [-0.2, 0) is 0 Å². The summed E-state index contributed by atoms with van der Waals surface area (Å²) in [6, 6.07) is -0.0424.